The van der Waals surface area contributed by atoms with Crippen LogP contribution in [0.4, 0.5) is 10.5 Å². The molecule has 0 atom stereocenters. The molecule has 4 rings (SSSR count). The van der Waals surface area contributed by atoms with Gasteiger partial charge in [0, 0.05) is 17.8 Å². The average Bonchev–Trinajstić information content (AvgIpc) is 3.24. The Kier molecular flexibility index (Phi) is 5.08. The van der Waals surface area contributed by atoms with E-state index in [2.05, 4.69) is 34.6 Å². The van der Waals surface area contributed by atoms with Crippen molar-refractivity contribution in [1.82, 2.24) is 4.98 Å². The van der Waals surface area contributed by atoms with Gasteiger partial charge in [-0.15, -0.1) is 0 Å². The molecule has 6 heteroatoms. The molecule has 29 heavy (non-hydrogen) atoms. The van der Waals surface area contributed by atoms with E-state index in [1.54, 1.807) is 20.0 Å². The lowest BCUT2D eigenvalue weighted by Gasteiger charge is -2.14. The minimum absolute atomic E-state index is 0.0226. The molecule has 6 nitrogen and oxygen atoms in total. The maximum Gasteiger partial charge on any atom is 0.411 e. The molecule has 0 radical (unpaired) electrons. The van der Waals surface area contributed by atoms with Gasteiger partial charge < -0.3 is 14.5 Å². The lowest BCUT2D eigenvalue weighted by Crippen LogP contribution is -2.19. The fourth-order valence-corrected chi connectivity index (χ4v) is 3.84. The highest BCUT2D eigenvalue weighted by Crippen LogP contribution is 2.44. The van der Waals surface area contributed by atoms with E-state index in [-0.39, 0.29) is 19.1 Å². The molecular weight excluding hydrogens is 368 g/mol. The number of hydrogen-bond acceptors (Lipinski definition) is 4. The summed E-state index contributed by atoms with van der Waals surface area (Å²) < 4.78 is 10.6. The molecule has 0 fully saturated rings. The van der Waals surface area contributed by atoms with Crippen LogP contribution in [0.25, 0.3) is 11.1 Å². The molecular formula is C23H22N2O4. The number of nitrogens with one attached hydrogen (secondary N) is 2. The lowest BCUT2D eigenvalue weighted by atomic mass is 9.98. The summed E-state index contributed by atoms with van der Waals surface area (Å²) in [5.41, 5.74) is 5.90. The van der Waals surface area contributed by atoms with Crippen LogP contribution in [0.5, 0.6) is 0 Å². The number of aromatic amines is 1. The first kappa shape index (κ1) is 18.8. The zero-order chi connectivity index (χ0) is 20.4. The molecule has 0 saturated carbocycles. The summed E-state index contributed by atoms with van der Waals surface area (Å²) >= 11 is 0. The Morgan fingerprint density at radius 3 is 2.24 bits per heavy atom. The number of carbonyl (C=O) groups is 2. The van der Waals surface area contributed by atoms with Gasteiger partial charge in [-0.25, -0.2) is 9.59 Å². The molecule has 1 aliphatic rings. The van der Waals surface area contributed by atoms with E-state index in [0.29, 0.717) is 16.9 Å². The van der Waals surface area contributed by atoms with Crippen LogP contribution < -0.4 is 5.32 Å². The van der Waals surface area contributed by atoms with E-state index < -0.39 is 12.1 Å². The van der Waals surface area contributed by atoms with Gasteiger partial charge in [-0.2, -0.15) is 0 Å². The second-order valence-corrected chi connectivity index (χ2v) is 6.87. The van der Waals surface area contributed by atoms with Crippen molar-refractivity contribution in [2.24, 2.45) is 0 Å². The summed E-state index contributed by atoms with van der Waals surface area (Å²) in [6, 6.07) is 16.3. The number of esters is 1. The third kappa shape index (κ3) is 3.49. The Bertz CT molecular complexity index is 1020. The van der Waals surface area contributed by atoms with Crippen molar-refractivity contribution in [3.8, 4) is 11.1 Å². The first-order chi connectivity index (χ1) is 14.1. The van der Waals surface area contributed by atoms with E-state index >= 15 is 0 Å². The summed E-state index contributed by atoms with van der Waals surface area (Å²) in [6.07, 6.45) is 0.944. The van der Waals surface area contributed by atoms with E-state index in [4.69, 9.17) is 9.47 Å². The number of aryl methyl sites for hydroxylation is 1. The Labute approximate surface area is 168 Å². The Morgan fingerprint density at radius 2 is 1.62 bits per heavy atom. The summed E-state index contributed by atoms with van der Waals surface area (Å²) in [4.78, 5) is 27.5. The Hall–Kier alpha value is -3.54. The van der Waals surface area contributed by atoms with Crippen molar-refractivity contribution < 1.29 is 19.1 Å². The van der Waals surface area contributed by atoms with Gasteiger partial charge in [-0.1, -0.05) is 48.5 Å². The van der Waals surface area contributed by atoms with Crippen LogP contribution in [0.1, 0.15) is 40.0 Å². The molecule has 0 bridgehead atoms. The summed E-state index contributed by atoms with van der Waals surface area (Å²) in [5, 5.41) is 2.65. The van der Waals surface area contributed by atoms with Gasteiger partial charge >= 0.3 is 12.1 Å². The number of rotatable bonds is 5. The molecule has 2 aromatic carbocycles. The van der Waals surface area contributed by atoms with Gasteiger partial charge in [-0.05, 0) is 36.1 Å². The molecule has 0 aliphatic heterocycles. The number of fused-ring (bicyclic) bond motifs is 3. The van der Waals surface area contributed by atoms with Gasteiger partial charge in [0.1, 0.15) is 12.2 Å². The number of anilines is 1. The van der Waals surface area contributed by atoms with Crippen molar-refractivity contribution in [2.45, 2.75) is 19.8 Å². The number of carbonyl (C=O) groups excluding carboxylic acids is 2. The zero-order valence-corrected chi connectivity index (χ0v) is 16.3. The standard InChI is InChI=1S/C23H22N2O4/c1-3-28-22(26)21-14(2)24-12-20(21)25-23(27)29-13-19-17-10-6-4-8-15(17)16-9-5-7-11-18(16)19/h4-12,19,24H,3,13H2,1-2H3,(H,25,27). The number of ether oxygens (including phenoxy) is 2. The Morgan fingerprint density at radius 1 is 1.00 bits per heavy atom. The molecule has 1 amide bonds. The van der Waals surface area contributed by atoms with Crippen molar-refractivity contribution in [3.05, 3.63) is 77.1 Å². The van der Waals surface area contributed by atoms with Crippen LogP contribution in [0.2, 0.25) is 0 Å². The molecule has 0 saturated heterocycles. The van der Waals surface area contributed by atoms with E-state index in [1.807, 2.05) is 24.3 Å². The van der Waals surface area contributed by atoms with Crippen molar-refractivity contribution >= 4 is 17.7 Å². The van der Waals surface area contributed by atoms with Crippen LogP contribution in [0, 0.1) is 6.92 Å². The molecule has 148 valence electrons. The first-order valence-corrected chi connectivity index (χ1v) is 9.57. The van der Waals surface area contributed by atoms with Crippen LogP contribution in [0.3, 0.4) is 0 Å². The van der Waals surface area contributed by atoms with Crippen LogP contribution >= 0.6 is 0 Å². The summed E-state index contributed by atoms with van der Waals surface area (Å²) in [7, 11) is 0. The van der Waals surface area contributed by atoms with Gasteiger partial charge in [0.2, 0.25) is 0 Å². The van der Waals surface area contributed by atoms with E-state index in [1.165, 1.54) is 11.1 Å². The van der Waals surface area contributed by atoms with Crippen LogP contribution in [0.15, 0.2) is 54.7 Å². The van der Waals surface area contributed by atoms with E-state index in [9.17, 15) is 9.59 Å². The average molecular weight is 390 g/mol. The molecule has 0 unspecified atom stereocenters. The van der Waals surface area contributed by atoms with Gasteiger partial charge in [0.05, 0.1) is 12.3 Å². The highest BCUT2D eigenvalue weighted by atomic mass is 16.5. The van der Waals surface area contributed by atoms with Gasteiger partial charge in [-0.3, -0.25) is 5.32 Å². The third-order valence-corrected chi connectivity index (χ3v) is 5.14. The first-order valence-electron chi connectivity index (χ1n) is 9.57. The predicted octanol–water partition coefficient (Wildman–Crippen LogP) is 4.86. The second kappa shape index (κ2) is 7.83. The number of amides is 1. The molecule has 1 heterocycles. The fraction of sp³-hybridized carbons (Fsp3) is 0.217. The highest BCUT2D eigenvalue weighted by Gasteiger charge is 2.29. The summed E-state index contributed by atoms with van der Waals surface area (Å²) in [6.45, 7) is 3.94. The maximum absolute atomic E-state index is 12.4. The van der Waals surface area contributed by atoms with Crippen molar-refractivity contribution in [2.75, 3.05) is 18.5 Å². The largest absolute Gasteiger partial charge is 0.462 e. The van der Waals surface area contributed by atoms with Gasteiger partial charge in [0.25, 0.3) is 0 Å². The van der Waals surface area contributed by atoms with Crippen molar-refractivity contribution in [3.63, 3.8) is 0 Å². The minimum Gasteiger partial charge on any atom is -0.462 e. The topological polar surface area (TPSA) is 80.4 Å². The predicted molar refractivity (Wildman–Crippen MR) is 110 cm³/mol. The second-order valence-electron chi connectivity index (χ2n) is 6.87. The number of hydrogen-bond donors (Lipinski definition) is 2. The maximum atomic E-state index is 12.4. The Balaban J connectivity index is 1.48. The molecule has 1 aromatic heterocycles. The minimum atomic E-state index is -0.614. The SMILES string of the molecule is CCOC(=O)c1c(NC(=O)OCC2c3ccccc3-c3ccccc32)c[nH]c1C. The summed E-state index contributed by atoms with van der Waals surface area (Å²) in [5.74, 6) is -0.508. The zero-order valence-electron chi connectivity index (χ0n) is 16.3. The van der Waals surface area contributed by atoms with Crippen LogP contribution in [-0.2, 0) is 9.47 Å². The lowest BCUT2D eigenvalue weighted by molar-refractivity contribution is 0.0527. The number of aromatic nitrogens is 1. The monoisotopic (exact) mass is 390 g/mol. The van der Waals surface area contributed by atoms with Crippen LogP contribution in [-0.4, -0.2) is 30.3 Å². The quantitative estimate of drug-likeness (QED) is 0.610. The number of H-pyrrole nitrogens is 1. The molecule has 3 aromatic rings. The van der Waals surface area contributed by atoms with E-state index in [0.717, 1.165) is 11.1 Å². The third-order valence-electron chi connectivity index (χ3n) is 5.14. The molecule has 1 aliphatic carbocycles. The normalized spacial score (nSPS) is 12.2. The number of benzene rings is 2. The fourth-order valence-electron chi connectivity index (χ4n) is 3.84. The molecule has 0 spiro atoms. The smallest absolute Gasteiger partial charge is 0.411 e. The van der Waals surface area contributed by atoms with Crippen molar-refractivity contribution in [1.29, 1.82) is 0 Å². The molecule has 2 N–H and O–H groups in total. The van der Waals surface area contributed by atoms with Gasteiger partial charge in [0.15, 0.2) is 0 Å². The highest BCUT2D eigenvalue weighted by molar-refractivity contribution is 6.00.